The Morgan fingerprint density at radius 2 is 2.00 bits per heavy atom. The summed E-state index contributed by atoms with van der Waals surface area (Å²) >= 11 is 11.7. The number of nitrogens with two attached hydrogens (primary N) is 1. The van der Waals surface area contributed by atoms with Crippen molar-refractivity contribution in [2.75, 3.05) is 0 Å². The lowest BCUT2D eigenvalue weighted by Crippen LogP contribution is -2.02. The van der Waals surface area contributed by atoms with Crippen molar-refractivity contribution in [2.24, 2.45) is 5.73 Å². The normalized spacial score (nSPS) is 10.8. The topological polar surface area (TPSA) is 51.8 Å². The van der Waals surface area contributed by atoms with Crippen LogP contribution < -0.4 is 5.73 Å². The third-order valence-corrected chi connectivity index (χ3v) is 2.40. The Morgan fingerprint density at radius 1 is 1.21 bits per heavy atom. The number of nitrogens with zero attached hydrogens (tertiary/aromatic N) is 2. The van der Waals surface area contributed by atoms with Gasteiger partial charge in [0.05, 0.1) is 16.2 Å². The van der Waals surface area contributed by atoms with E-state index in [1.807, 2.05) is 12.1 Å². The standard InChI is InChI=1S/C9H7Cl2N3/c10-6-3-1-2-5-7(4-12)13-9(11)14-8(5)6/h1-3H,4,12H2. The van der Waals surface area contributed by atoms with Crippen molar-refractivity contribution in [2.45, 2.75) is 6.54 Å². The van der Waals surface area contributed by atoms with Gasteiger partial charge in [0.2, 0.25) is 5.28 Å². The van der Waals surface area contributed by atoms with Gasteiger partial charge in [-0.15, -0.1) is 0 Å². The van der Waals surface area contributed by atoms with E-state index in [-0.39, 0.29) is 5.28 Å². The maximum atomic E-state index is 5.97. The Labute approximate surface area is 90.9 Å². The Bertz CT molecular complexity index is 485. The van der Waals surface area contributed by atoms with Crippen molar-refractivity contribution in [3.8, 4) is 0 Å². The molecule has 5 heteroatoms. The first-order chi connectivity index (χ1) is 6.72. The molecule has 0 bridgehead atoms. The van der Waals surface area contributed by atoms with E-state index in [1.54, 1.807) is 6.07 Å². The van der Waals surface area contributed by atoms with E-state index in [1.165, 1.54) is 0 Å². The molecule has 0 aliphatic heterocycles. The van der Waals surface area contributed by atoms with Gasteiger partial charge in [0.15, 0.2) is 0 Å². The van der Waals surface area contributed by atoms with Crippen molar-refractivity contribution in [1.82, 2.24) is 9.97 Å². The first-order valence-electron chi connectivity index (χ1n) is 4.03. The zero-order valence-electron chi connectivity index (χ0n) is 7.17. The summed E-state index contributed by atoms with van der Waals surface area (Å²) < 4.78 is 0. The molecule has 2 N–H and O–H groups in total. The molecule has 0 radical (unpaired) electrons. The molecule has 1 aromatic heterocycles. The zero-order chi connectivity index (χ0) is 10.1. The van der Waals surface area contributed by atoms with Crippen LogP contribution in [0.3, 0.4) is 0 Å². The molecule has 0 aliphatic carbocycles. The average molecular weight is 228 g/mol. The summed E-state index contributed by atoms with van der Waals surface area (Å²) in [6.45, 7) is 0.319. The van der Waals surface area contributed by atoms with Gasteiger partial charge in [-0.3, -0.25) is 0 Å². The van der Waals surface area contributed by atoms with Gasteiger partial charge in [-0.1, -0.05) is 23.7 Å². The summed E-state index contributed by atoms with van der Waals surface area (Å²) in [5.74, 6) is 0. The summed E-state index contributed by atoms with van der Waals surface area (Å²) in [7, 11) is 0. The van der Waals surface area contributed by atoms with Crippen molar-refractivity contribution < 1.29 is 0 Å². The predicted molar refractivity (Wildman–Crippen MR) is 57.4 cm³/mol. The minimum Gasteiger partial charge on any atom is -0.325 e. The fraction of sp³-hybridized carbons (Fsp3) is 0.111. The van der Waals surface area contributed by atoms with Crippen LogP contribution in [-0.2, 0) is 6.54 Å². The second-order valence-electron chi connectivity index (χ2n) is 2.78. The molecule has 0 spiro atoms. The molecule has 0 saturated heterocycles. The number of para-hydroxylation sites is 1. The van der Waals surface area contributed by atoms with Crippen LogP contribution in [-0.4, -0.2) is 9.97 Å². The summed E-state index contributed by atoms with van der Waals surface area (Å²) in [5, 5.41) is 1.58. The van der Waals surface area contributed by atoms with Crippen LogP contribution in [0.4, 0.5) is 0 Å². The van der Waals surface area contributed by atoms with Crippen LogP contribution in [0.15, 0.2) is 18.2 Å². The molecular weight excluding hydrogens is 221 g/mol. The van der Waals surface area contributed by atoms with E-state index in [4.69, 9.17) is 28.9 Å². The first-order valence-corrected chi connectivity index (χ1v) is 4.78. The van der Waals surface area contributed by atoms with Crippen molar-refractivity contribution in [1.29, 1.82) is 0 Å². The van der Waals surface area contributed by atoms with Gasteiger partial charge in [-0.2, -0.15) is 0 Å². The van der Waals surface area contributed by atoms with Crippen molar-refractivity contribution in [3.05, 3.63) is 34.2 Å². The molecule has 3 nitrogen and oxygen atoms in total. The zero-order valence-corrected chi connectivity index (χ0v) is 8.68. The highest BCUT2D eigenvalue weighted by molar-refractivity contribution is 6.35. The lowest BCUT2D eigenvalue weighted by atomic mass is 10.2. The quantitative estimate of drug-likeness (QED) is 0.762. The third-order valence-electron chi connectivity index (χ3n) is 1.92. The van der Waals surface area contributed by atoms with Gasteiger partial charge in [-0.05, 0) is 17.7 Å². The molecule has 2 rings (SSSR count). The molecule has 2 aromatic rings. The van der Waals surface area contributed by atoms with Crippen LogP contribution in [0.25, 0.3) is 10.9 Å². The van der Waals surface area contributed by atoms with E-state index < -0.39 is 0 Å². The maximum absolute atomic E-state index is 5.97. The molecule has 0 unspecified atom stereocenters. The van der Waals surface area contributed by atoms with Gasteiger partial charge < -0.3 is 5.73 Å². The van der Waals surface area contributed by atoms with Gasteiger partial charge in [0.1, 0.15) is 0 Å². The maximum Gasteiger partial charge on any atom is 0.223 e. The molecule has 0 saturated carbocycles. The number of hydrogen-bond donors (Lipinski definition) is 1. The van der Waals surface area contributed by atoms with Gasteiger partial charge >= 0.3 is 0 Å². The van der Waals surface area contributed by atoms with E-state index in [0.29, 0.717) is 22.8 Å². The molecule has 0 fully saturated rings. The van der Waals surface area contributed by atoms with E-state index >= 15 is 0 Å². The molecule has 1 heterocycles. The summed E-state index contributed by atoms with van der Waals surface area (Å²) in [5.41, 5.74) is 6.90. The predicted octanol–water partition coefficient (Wildman–Crippen LogP) is 2.40. The fourth-order valence-corrected chi connectivity index (χ4v) is 1.71. The van der Waals surface area contributed by atoms with E-state index in [9.17, 15) is 0 Å². The summed E-state index contributed by atoms with van der Waals surface area (Å²) in [6, 6.07) is 5.47. The number of rotatable bonds is 1. The third kappa shape index (κ3) is 1.54. The molecule has 0 amide bonds. The van der Waals surface area contributed by atoms with Crippen LogP contribution in [0.5, 0.6) is 0 Å². The molecule has 0 aliphatic rings. The molecule has 72 valence electrons. The highest BCUT2D eigenvalue weighted by atomic mass is 35.5. The molecule has 0 atom stereocenters. The van der Waals surface area contributed by atoms with Crippen molar-refractivity contribution >= 4 is 34.1 Å². The van der Waals surface area contributed by atoms with Crippen LogP contribution in [0, 0.1) is 0 Å². The number of halogens is 2. The molecule has 14 heavy (non-hydrogen) atoms. The second kappa shape index (κ2) is 3.69. The van der Waals surface area contributed by atoms with Gasteiger partial charge in [0, 0.05) is 11.9 Å². The Hall–Kier alpha value is -0.900. The minimum absolute atomic E-state index is 0.172. The summed E-state index contributed by atoms with van der Waals surface area (Å²) in [6.07, 6.45) is 0. The SMILES string of the molecule is NCc1nc(Cl)nc2c(Cl)cccc12. The van der Waals surface area contributed by atoms with Crippen molar-refractivity contribution in [3.63, 3.8) is 0 Å². The monoisotopic (exact) mass is 227 g/mol. The van der Waals surface area contributed by atoms with Gasteiger partial charge in [0.25, 0.3) is 0 Å². The largest absolute Gasteiger partial charge is 0.325 e. The lowest BCUT2D eigenvalue weighted by Gasteiger charge is -2.04. The Kier molecular flexibility index (Phi) is 2.54. The lowest BCUT2D eigenvalue weighted by molar-refractivity contribution is 0.991. The average Bonchev–Trinajstić information content (AvgIpc) is 2.18. The van der Waals surface area contributed by atoms with Crippen LogP contribution in [0.2, 0.25) is 10.3 Å². The van der Waals surface area contributed by atoms with Crippen LogP contribution >= 0.6 is 23.2 Å². The minimum atomic E-state index is 0.172. The Morgan fingerprint density at radius 3 is 2.71 bits per heavy atom. The molecular formula is C9H7Cl2N3. The van der Waals surface area contributed by atoms with Gasteiger partial charge in [-0.25, -0.2) is 9.97 Å². The number of benzene rings is 1. The number of aromatic nitrogens is 2. The first kappa shape index (κ1) is 9.65. The Balaban J connectivity index is 2.87. The van der Waals surface area contributed by atoms with Crippen LogP contribution in [0.1, 0.15) is 5.69 Å². The summed E-state index contributed by atoms with van der Waals surface area (Å²) in [4.78, 5) is 8.08. The van der Waals surface area contributed by atoms with E-state index in [0.717, 1.165) is 5.39 Å². The highest BCUT2D eigenvalue weighted by Crippen LogP contribution is 2.24. The van der Waals surface area contributed by atoms with E-state index in [2.05, 4.69) is 9.97 Å². The highest BCUT2D eigenvalue weighted by Gasteiger charge is 2.07. The second-order valence-corrected chi connectivity index (χ2v) is 3.52. The number of hydrogen-bond acceptors (Lipinski definition) is 3. The smallest absolute Gasteiger partial charge is 0.223 e. The number of fused-ring (bicyclic) bond motifs is 1. The fourth-order valence-electron chi connectivity index (χ4n) is 1.31. The molecule has 1 aromatic carbocycles.